The van der Waals surface area contributed by atoms with Crippen LogP contribution in [0.25, 0.3) is 0 Å². The lowest BCUT2D eigenvalue weighted by Crippen LogP contribution is -1.59. The van der Waals surface area contributed by atoms with Crippen LogP contribution >= 0.6 is 0 Å². The Morgan fingerprint density at radius 2 is 0.556 bits per heavy atom. The highest BCUT2D eigenvalue weighted by molar-refractivity contribution is 4.24. The van der Waals surface area contributed by atoms with Gasteiger partial charge in [-0.25, -0.2) is 0 Å². The number of rotatable bonds is 3. The fraction of sp³-hybridized carbons (Fsp3) is 1.00. The smallest absolute Gasteiger partial charge is 0.0538 e. The predicted octanol–water partition coefficient (Wildman–Crippen LogP) is 8.50. The van der Waals surface area contributed by atoms with Gasteiger partial charge in [-0.05, 0) is 0 Å². The van der Waals surface area contributed by atoms with E-state index in [0.29, 0.717) is 0 Å². The Labute approximate surface area is 122 Å². The van der Waals surface area contributed by atoms with Crippen LogP contribution in [0.4, 0.5) is 0 Å². The highest BCUT2D eigenvalue weighted by atomic mass is 13.7. The first-order valence-electron chi connectivity index (χ1n) is 8.74. The zero-order valence-corrected chi connectivity index (χ0v) is 16.2. The molecular weight excluding hydrogens is 216 g/mol. The molecule has 0 rings (SSSR count). The van der Waals surface area contributed by atoms with Gasteiger partial charge in [-0.1, -0.05) is 122 Å². The standard InChI is InChI=1S/C5H12.C4H10.C3H8.3C2H6/c1-3-5-4-2;1-3-4-2;1-3-2;3*1-2/h3-5H2,1-2H3;3-4H2,1-2H3;3H2,1-2H3;3*1-2H3. The SMILES string of the molecule is CC.CC.CC.CCC.CCCC.CCCCC. The van der Waals surface area contributed by atoms with Crippen LogP contribution < -0.4 is 0 Å². The summed E-state index contributed by atoms with van der Waals surface area (Å²) in [6.07, 6.45) is 7.97. The molecule has 0 bridgehead atoms. The summed E-state index contributed by atoms with van der Waals surface area (Å²) in [7, 11) is 0. The van der Waals surface area contributed by atoms with Gasteiger partial charge in [0.15, 0.2) is 0 Å². The zero-order chi connectivity index (χ0) is 16.2. The second-order valence-electron chi connectivity index (χ2n) is 3.06. The molecule has 0 N–H and O–H groups in total. The van der Waals surface area contributed by atoms with Crippen molar-refractivity contribution in [2.45, 2.75) is 122 Å². The van der Waals surface area contributed by atoms with Crippen molar-refractivity contribution in [1.82, 2.24) is 0 Å². The van der Waals surface area contributed by atoms with E-state index in [1.165, 1.54) is 38.5 Å². The lowest BCUT2D eigenvalue weighted by molar-refractivity contribution is 0.772. The first-order chi connectivity index (χ1) is 8.74. The fourth-order valence-electron chi connectivity index (χ4n) is 0.354. The summed E-state index contributed by atoms with van der Waals surface area (Å²) in [5.41, 5.74) is 0. The molecule has 0 radical (unpaired) electrons. The van der Waals surface area contributed by atoms with Crippen molar-refractivity contribution >= 4 is 0 Å². The van der Waals surface area contributed by atoms with Crippen LogP contribution in [0.1, 0.15) is 122 Å². The maximum absolute atomic E-state index is 2.21. The van der Waals surface area contributed by atoms with Gasteiger partial charge >= 0.3 is 0 Å². The molecule has 0 aromatic carbocycles. The second-order valence-corrected chi connectivity index (χ2v) is 3.06. The summed E-state index contributed by atoms with van der Waals surface area (Å²) in [6.45, 7) is 25.0. The van der Waals surface area contributed by atoms with Crippen molar-refractivity contribution in [3.8, 4) is 0 Å². The average Bonchev–Trinajstić information content (AvgIpc) is 2.47. The maximum Gasteiger partial charge on any atom is -0.0538 e. The van der Waals surface area contributed by atoms with Crippen LogP contribution in [-0.2, 0) is 0 Å². The van der Waals surface area contributed by atoms with E-state index in [-0.39, 0.29) is 0 Å². The van der Waals surface area contributed by atoms with Gasteiger partial charge in [-0.3, -0.25) is 0 Å². The Morgan fingerprint density at radius 1 is 0.389 bits per heavy atom. The normalized spacial score (nSPS) is 6.00. The van der Waals surface area contributed by atoms with Crippen LogP contribution in [-0.4, -0.2) is 0 Å². The lowest BCUT2D eigenvalue weighted by atomic mass is 10.3. The van der Waals surface area contributed by atoms with Gasteiger partial charge in [0.2, 0.25) is 0 Å². The minimum atomic E-state index is 1.25. The summed E-state index contributed by atoms with van der Waals surface area (Å²) < 4.78 is 0. The van der Waals surface area contributed by atoms with Gasteiger partial charge in [0.05, 0.1) is 0 Å². The number of unbranched alkanes of at least 4 members (excludes halogenated alkanes) is 3. The maximum atomic E-state index is 2.21. The van der Waals surface area contributed by atoms with E-state index in [2.05, 4.69) is 41.5 Å². The van der Waals surface area contributed by atoms with Gasteiger partial charge < -0.3 is 0 Å². The quantitative estimate of drug-likeness (QED) is 0.479. The van der Waals surface area contributed by atoms with E-state index < -0.39 is 0 Å². The molecule has 0 atom stereocenters. The van der Waals surface area contributed by atoms with E-state index in [1.54, 1.807) is 0 Å². The van der Waals surface area contributed by atoms with Crippen LogP contribution in [0.5, 0.6) is 0 Å². The van der Waals surface area contributed by atoms with E-state index in [4.69, 9.17) is 0 Å². The molecule has 0 nitrogen and oxygen atoms in total. The van der Waals surface area contributed by atoms with E-state index in [9.17, 15) is 0 Å². The second kappa shape index (κ2) is 121. The topological polar surface area (TPSA) is 0 Å². The molecule has 18 heavy (non-hydrogen) atoms. The van der Waals surface area contributed by atoms with Gasteiger partial charge in [0.1, 0.15) is 0 Å². The summed E-state index contributed by atoms with van der Waals surface area (Å²) in [4.78, 5) is 0. The van der Waals surface area contributed by atoms with Crippen LogP contribution in [0.2, 0.25) is 0 Å². The molecule has 0 saturated heterocycles. The summed E-state index contributed by atoms with van der Waals surface area (Å²) in [5.74, 6) is 0. The van der Waals surface area contributed by atoms with E-state index in [1.807, 2.05) is 41.5 Å². The Balaban J connectivity index is -0.0000000253. The summed E-state index contributed by atoms with van der Waals surface area (Å²) in [5, 5.41) is 0. The highest BCUT2D eigenvalue weighted by Crippen LogP contribution is 1.88. The van der Waals surface area contributed by atoms with Crippen LogP contribution in [0.15, 0.2) is 0 Å². The van der Waals surface area contributed by atoms with Crippen molar-refractivity contribution in [2.75, 3.05) is 0 Å². The molecule has 0 fully saturated rings. The van der Waals surface area contributed by atoms with Crippen molar-refractivity contribution in [3.63, 3.8) is 0 Å². The molecule has 0 amide bonds. The molecule has 0 aromatic rings. The molecule has 0 spiro atoms. The zero-order valence-electron chi connectivity index (χ0n) is 16.2. The molecule has 0 unspecified atom stereocenters. The van der Waals surface area contributed by atoms with Crippen molar-refractivity contribution < 1.29 is 0 Å². The Hall–Kier alpha value is 0. The summed E-state index contributed by atoms with van der Waals surface area (Å²) >= 11 is 0. The predicted molar refractivity (Wildman–Crippen MR) is 95.8 cm³/mol. The first-order valence-corrected chi connectivity index (χ1v) is 8.74. The molecule has 0 aromatic heterocycles. The Bertz CT molecular complexity index is 27.0. The van der Waals surface area contributed by atoms with Crippen LogP contribution in [0.3, 0.4) is 0 Å². The summed E-state index contributed by atoms with van der Waals surface area (Å²) in [6, 6.07) is 0. The van der Waals surface area contributed by atoms with Gasteiger partial charge in [-0.15, -0.1) is 0 Å². The molecule has 0 aliphatic rings. The highest BCUT2D eigenvalue weighted by Gasteiger charge is 1.68. The van der Waals surface area contributed by atoms with Gasteiger partial charge in [0.25, 0.3) is 0 Å². The number of hydrogen-bond donors (Lipinski definition) is 0. The third-order valence-electron chi connectivity index (χ3n) is 1.21. The minimum Gasteiger partial charge on any atom is -0.0683 e. The van der Waals surface area contributed by atoms with E-state index in [0.717, 1.165) is 0 Å². The molecule has 0 heteroatoms. The molecular formula is C18H48. The fourth-order valence-corrected chi connectivity index (χ4v) is 0.354. The minimum absolute atomic E-state index is 1.25. The third-order valence-corrected chi connectivity index (χ3v) is 1.21. The van der Waals surface area contributed by atoms with E-state index >= 15 is 0 Å². The van der Waals surface area contributed by atoms with Crippen molar-refractivity contribution in [1.29, 1.82) is 0 Å². The molecule has 120 valence electrons. The lowest BCUT2D eigenvalue weighted by Gasteiger charge is -1.79. The Kier molecular flexibility index (Phi) is 243. The van der Waals surface area contributed by atoms with Crippen molar-refractivity contribution in [3.05, 3.63) is 0 Å². The van der Waals surface area contributed by atoms with Gasteiger partial charge in [-0.2, -0.15) is 0 Å². The molecule has 0 aliphatic carbocycles. The monoisotopic (exact) mass is 264 g/mol. The number of hydrogen-bond acceptors (Lipinski definition) is 0. The largest absolute Gasteiger partial charge is 0.0683 e. The van der Waals surface area contributed by atoms with Gasteiger partial charge in [0, 0.05) is 0 Å². The third kappa shape index (κ3) is 400. The average molecular weight is 265 g/mol. The molecule has 0 heterocycles. The Morgan fingerprint density at radius 3 is 0.556 bits per heavy atom. The molecule has 0 saturated carbocycles. The van der Waals surface area contributed by atoms with Crippen molar-refractivity contribution in [2.24, 2.45) is 0 Å². The van der Waals surface area contributed by atoms with Crippen LogP contribution in [0, 0.1) is 0 Å². The molecule has 0 aliphatic heterocycles. The first kappa shape index (κ1) is 36.1.